The van der Waals surface area contributed by atoms with Crippen LogP contribution in [-0.2, 0) is 16.0 Å². The van der Waals surface area contributed by atoms with Crippen LogP contribution in [0.5, 0.6) is 0 Å². The molecule has 0 aromatic heterocycles. The Hall–Kier alpha value is -2.09. The Kier molecular flexibility index (Phi) is 6.71. The molecular weight excluding hydrogens is 332 g/mol. The van der Waals surface area contributed by atoms with E-state index in [-0.39, 0.29) is 18.0 Å². The number of carbonyl (C=O) groups is 1. The van der Waals surface area contributed by atoms with E-state index in [1.165, 1.54) is 12.0 Å². The Morgan fingerprint density at radius 2 is 1.63 bits per heavy atom. The van der Waals surface area contributed by atoms with E-state index in [0.717, 1.165) is 18.4 Å². The molecule has 4 atom stereocenters. The lowest BCUT2D eigenvalue weighted by Crippen LogP contribution is -2.37. The Morgan fingerprint density at radius 1 is 1.00 bits per heavy atom. The summed E-state index contributed by atoms with van der Waals surface area (Å²) in [5.74, 6) is 1.31. The highest BCUT2D eigenvalue weighted by Crippen LogP contribution is 2.36. The molecule has 1 aliphatic rings. The number of hydrogen-bond acceptors (Lipinski definition) is 2. The molecule has 0 unspecified atom stereocenters. The van der Waals surface area contributed by atoms with Crippen molar-refractivity contribution in [2.75, 3.05) is 0 Å². The Bertz CT molecular complexity index is 708. The molecule has 2 aromatic carbocycles. The average molecular weight is 365 g/mol. The van der Waals surface area contributed by atoms with Gasteiger partial charge in [0.15, 0.2) is 0 Å². The monoisotopic (exact) mass is 364 g/mol. The van der Waals surface area contributed by atoms with Crippen molar-refractivity contribution in [3.63, 3.8) is 0 Å². The van der Waals surface area contributed by atoms with Gasteiger partial charge >= 0.3 is 5.97 Å². The molecule has 1 aliphatic carbocycles. The number of carbonyl (C=O) groups excluding carboxylic acids is 1. The van der Waals surface area contributed by atoms with Gasteiger partial charge in [-0.2, -0.15) is 0 Å². The summed E-state index contributed by atoms with van der Waals surface area (Å²) < 4.78 is 6.19. The zero-order valence-electron chi connectivity index (χ0n) is 16.8. The molecule has 0 bridgehead atoms. The fourth-order valence-corrected chi connectivity index (χ4v) is 4.35. The van der Waals surface area contributed by atoms with Crippen LogP contribution in [-0.4, -0.2) is 12.1 Å². The molecule has 0 radical (unpaired) electrons. The standard InChI is InChI=1S/C25H32O2/c1-18(2)22-15-14-19(3)16-24(22)27-25(26)23(21-12-8-5-9-13-21)17-20-10-6-4-7-11-20/h4-13,18-19,22-24H,14-17H2,1-3H3/t19-,22+,23+,24-/m1/s1. The zero-order valence-corrected chi connectivity index (χ0v) is 16.8. The Balaban J connectivity index is 1.79. The third kappa shape index (κ3) is 5.22. The summed E-state index contributed by atoms with van der Waals surface area (Å²) in [6.45, 7) is 6.77. The molecule has 0 heterocycles. The van der Waals surface area contributed by atoms with Gasteiger partial charge in [0.2, 0.25) is 0 Å². The van der Waals surface area contributed by atoms with Gasteiger partial charge in [-0.15, -0.1) is 0 Å². The summed E-state index contributed by atoms with van der Waals surface area (Å²) in [5.41, 5.74) is 2.21. The number of ether oxygens (including phenoxy) is 1. The maximum Gasteiger partial charge on any atom is 0.314 e. The number of esters is 1. The van der Waals surface area contributed by atoms with Crippen molar-refractivity contribution in [2.45, 2.75) is 58.5 Å². The van der Waals surface area contributed by atoms with Gasteiger partial charge < -0.3 is 4.74 Å². The maximum atomic E-state index is 13.3. The van der Waals surface area contributed by atoms with Gasteiger partial charge in [-0.25, -0.2) is 0 Å². The first-order valence-corrected chi connectivity index (χ1v) is 10.3. The van der Waals surface area contributed by atoms with Gasteiger partial charge in [-0.3, -0.25) is 4.79 Å². The normalized spacial score (nSPS) is 23.8. The van der Waals surface area contributed by atoms with Crippen molar-refractivity contribution in [3.8, 4) is 0 Å². The molecule has 2 nitrogen and oxygen atoms in total. The Labute approximate surface area is 164 Å². The molecule has 2 aromatic rings. The molecule has 3 rings (SSSR count). The number of benzene rings is 2. The largest absolute Gasteiger partial charge is 0.462 e. The van der Waals surface area contributed by atoms with E-state index in [1.807, 2.05) is 48.5 Å². The highest BCUT2D eigenvalue weighted by atomic mass is 16.5. The summed E-state index contributed by atoms with van der Waals surface area (Å²) in [6.07, 6.45) is 4.11. The summed E-state index contributed by atoms with van der Waals surface area (Å²) in [4.78, 5) is 13.3. The van der Waals surface area contributed by atoms with Crippen molar-refractivity contribution in [3.05, 3.63) is 71.8 Å². The predicted molar refractivity (Wildman–Crippen MR) is 111 cm³/mol. The van der Waals surface area contributed by atoms with Gasteiger partial charge in [0, 0.05) is 0 Å². The summed E-state index contributed by atoms with van der Waals surface area (Å²) in [7, 11) is 0. The van der Waals surface area contributed by atoms with Crippen LogP contribution in [0.3, 0.4) is 0 Å². The third-order valence-electron chi connectivity index (χ3n) is 6.00. The molecule has 144 valence electrons. The average Bonchev–Trinajstić information content (AvgIpc) is 2.67. The van der Waals surface area contributed by atoms with Crippen molar-refractivity contribution < 1.29 is 9.53 Å². The first-order chi connectivity index (χ1) is 13.0. The molecular formula is C25H32O2. The zero-order chi connectivity index (χ0) is 19.2. The second-order valence-electron chi connectivity index (χ2n) is 8.45. The van der Waals surface area contributed by atoms with Gasteiger partial charge in [-0.1, -0.05) is 87.9 Å². The van der Waals surface area contributed by atoms with Crippen LogP contribution < -0.4 is 0 Å². The minimum Gasteiger partial charge on any atom is -0.462 e. The molecule has 0 spiro atoms. The summed E-state index contributed by atoms with van der Waals surface area (Å²) >= 11 is 0. The molecule has 0 aliphatic heterocycles. The molecule has 27 heavy (non-hydrogen) atoms. The van der Waals surface area contributed by atoms with Gasteiger partial charge in [0.1, 0.15) is 6.10 Å². The van der Waals surface area contributed by atoms with Gasteiger partial charge in [0.25, 0.3) is 0 Å². The minimum atomic E-state index is -0.251. The van der Waals surface area contributed by atoms with E-state index in [4.69, 9.17) is 4.74 Å². The fourth-order valence-electron chi connectivity index (χ4n) is 4.35. The molecule has 2 heteroatoms. The van der Waals surface area contributed by atoms with Crippen LogP contribution in [0, 0.1) is 17.8 Å². The van der Waals surface area contributed by atoms with Crippen LogP contribution in [0.15, 0.2) is 60.7 Å². The topological polar surface area (TPSA) is 26.3 Å². The van der Waals surface area contributed by atoms with E-state index in [1.54, 1.807) is 0 Å². The van der Waals surface area contributed by atoms with Crippen molar-refractivity contribution in [1.29, 1.82) is 0 Å². The summed E-state index contributed by atoms with van der Waals surface area (Å²) in [5, 5.41) is 0. The SMILES string of the molecule is CC(C)[C@@H]1CC[C@@H](C)C[C@H]1OC(=O)[C@@H](Cc1ccccc1)c1ccccc1. The van der Waals surface area contributed by atoms with Crippen molar-refractivity contribution in [2.24, 2.45) is 17.8 Å². The maximum absolute atomic E-state index is 13.3. The lowest BCUT2D eigenvalue weighted by molar-refractivity contribution is -0.157. The van der Waals surface area contributed by atoms with Crippen molar-refractivity contribution in [1.82, 2.24) is 0 Å². The van der Waals surface area contributed by atoms with Crippen molar-refractivity contribution >= 4 is 5.97 Å². The minimum absolute atomic E-state index is 0.0447. The Morgan fingerprint density at radius 3 is 2.26 bits per heavy atom. The highest BCUT2D eigenvalue weighted by molar-refractivity contribution is 5.78. The van der Waals surface area contributed by atoms with Crippen LogP contribution in [0.1, 0.15) is 57.1 Å². The second-order valence-corrected chi connectivity index (χ2v) is 8.45. The molecule has 1 saturated carbocycles. The van der Waals surface area contributed by atoms with E-state index >= 15 is 0 Å². The lowest BCUT2D eigenvalue weighted by Gasteiger charge is -2.37. The molecule has 0 saturated heterocycles. The van der Waals surface area contributed by atoms with E-state index in [0.29, 0.717) is 24.2 Å². The fraction of sp³-hybridized carbons (Fsp3) is 0.480. The number of hydrogen-bond donors (Lipinski definition) is 0. The molecule has 0 N–H and O–H groups in total. The first kappa shape index (κ1) is 19.7. The molecule has 1 fully saturated rings. The van der Waals surface area contributed by atoms with Crippen LogP contribution >= 0.6 is 0 Å². The summed E-state index contributed by atoms with van der Waals surface area (Å²) in [6, 6.07) is 20.3. The van der Waals surface area contributed by atoms with E-state index in [2.05, 4.69) is 32.9 Å². The van der Waals surface area contributed by atoms with Gasteiger partial charge in [-0.05, 0) is 48.1 Å². The first-order valence-electron chi connectivity index (χ1n) is 10.3. The molecule has 0 amide bonds. The van der Waals surface area contributed by atoms with Crippen LogP contribution in [0.25, 0.3) is 0 Å². The number of rotatable bonds is 6. The van der Waals surface area contributed by atoms with Crippen LogP contribution in [0.2, 0.25) is 0 Å². The second kappa shape index (κ2) is 9.21. The lowest BCUT2D eigenvalue weighted by atomic mass is 9.75. The third-order valence-corrected chi connectivity index (χ3v) is 6.00. The quantitative estimate of drug-likeness (QED) is 0.586. The van der Waals surface area contributed by atoms with Gasteiger partial charge in [0.05, 0.1) is 5.92 Å². The predicted octanol–water partition coefficient (Wildman–Crippen LogP) is 6.02. The van der Waals surface area contributed by atoms with E-state index in [9.17, 15) is 4.79 Å². The highest BCUT2D eigenvalue weighted by Gasteiger charge is 2.35. The van der Waals surface area contributed by atoms with E-state index < -0.39 is 0 Å². The van der Waals surface area contributed by atoms with Crippen LogP contribution in [0.4, 0.5) is 0 Å². The smallest absolute Gasteiger partial charge is 0.314 e.